The molecule has 1 aromatic heterocycles. The Hall–Kier alpha value is -3.08. The number of rotatable bonds is 2. The Kier molecular flexibility index (Phi) is 4.44. The topological polar surface area (TPSA) is 48.5 Å². The SMILES string of the molecule is Cc1ccccc1N1CCN(C(=O)Nc2cccc3cccnc23)CC1. The van der Waals surface area contributed by atoms with E-state index < -0.39 is 0 Å². The van der Waals surface area contributed by atoms with Crippen LogP contribution in [-0.4, -0.2) is 42.1 Å². The monoisotopic (exact) mass is 346 g/mol. The number of benzene rings is 2. The highest BCUT2D eigenvalue weighted by atomic mass is 16.2. The summed E-state index contributed by atoms with van der Waals surface area (Å²) in [4.78, 5) is 21.3. The van der Waals surface area contributed by atoms with Crippen molar-refractivity contribution < 1.29 is 4.79 Å². The molecule has 1 saturated heterocycles. The van der Waals surface area contributed by atoms with Gasteiger partial charge in [-0.25, -0.2) is 4.79 Å². The van der Waals surface area contributed by atoms with E-state index in [-0.39, 0.29) is 6.03 Å². The molecule has 5 nitrogen and oxygen atoms in total. The quantitative estimate of drug-likeness (QED) is 0.766. The fourth-order valence-corrected chi connectivity index (χ4v) is 3.47. The molecule has 1 fully saturated rings. The summed E-state index contributed by atoms with van der Waals surface area (Å²) in [5, 5.41) is 4.05. The molecule has 3 aromatic rings. The maximum atomic E-state index is 12.7. The van der Waals surface area contributed by atoms with Crippen LogP contribution in [0.4, 0.5) is 16.2 Å². The van der Waals surface area contributed by atoms with Crippen LogP contribution in [0.2, 0.25) is 0 Å². The fraction of sp³-hybridized carbons (Fsp3) is 0.238. The first kappa shape index (κ1) is 16.4. The Morgan fingerprint density at radius 2 is 1.73 bits per heavy atom. The second kappa shape index (κ2) is 7.04. The minimum absolute atomic E-state index is 0.0624. The largest absolute Gasteiger partial charge is 0.368 e. The van der Waals surface area contributed by atoms with Crippen molar-refractivity contribution >= 4 is 28.3 Å². The highest BCUT2D eigenvalue weighted by Gasteiger charge is 2.22. The van der Waals surface area contributed by atoms with Crippen LogP contribution in [0.25, 0.3) is 10.9 Å². The summed E-state index contributed by atoms with van der Waals surface area (Å²) < 4.78 is 0. The number of aryl methyl sites for hydroxylation is 1. The van der Waals surface area contributed by atoms with Gasteiger partial charge in [0.15, 0.2) is 0 Å². The van der Waals surface area contributed by atoms with Crippen LogP contribution >= 0.6 is 0 Å². The Labute approximate surface area is 153 Å². The maximum Gasteiger partial charge on any atom is 0.322 e. The number of pyridine rings is 1. The Morgan fingerprint density at radius 1 is 0.962 bits per heavy atom. The van der Waals surface area contributed by atoms with E-state index in [9.17, 15) is 4.79 Å². The molecule has 0 aliphatic carbocycles. The molecule has 4 rings (SSSR count). The Bertz CT molecular complexity index is 927. The summed E-state index contributed by atoms with van der Waals surface area (Å²) in [5.41, 5.74) is 4.11. The van der Waals surface area contributed by atoms with Gasteiger partial charge in [-0.05, 0) is 30.7 Å². The van der Waals surface area contributed by atoms with Crippen LogP contribution in [0.3, 0.4) is 0 Å². The van der Waals surface area contributed by atoms with Crippen molar-refractivity contribution in [2.45, 2.75) is 6.92 Å². The third-order valence-corrected chi connectivity index (χ3v) is 4.90. The predicted octanol–water partition coefficient (Wildman–Crippen LogP) is 3.90. The zero-order valence-corrected chi connectivity index (χ0v) is 14.9. The number of hydrogen-bond acceptors (Lipinski definition) is 3. The molecule has 2 heterocycles. The third kappa shape index (κ3) is 3.20. The number of nitrogens with zero attached hydrogens (tertiary/aromatic N) is 3. The number of aromatic nitrogens is 1. The molecule has 0 atom stereocenters. The van der Waals surface area contributed by atoms with Crippen LogP contribution in [0.5, 0.6) is 0 Å². The molecule has 1 aliphatic heterocycles. The standard InChI is InChI=1S/C21H22N4O/c1-16-6-2-3-10-19(16)24-12-14-25(15-13-24)21(26)23-18-9-4-7-17-8-5-11-22-20(17)18/h2-11H,12-15H2,1H3,(H,23,26). The van der Waals surface area contributed by atoms with Crippen molar-refractivity contribution in [1.82, 2.24) is 9.88 Å². The van der Waals surface area contributed by atoms with Crippen LogP contribution < -0.4 is 10.2 Å². The lowest BCUT2D eigenvalue weighted by atomic mass is 10.1. The minimum Gasteiger partial charge on any atom is -0.368 e. The Balaban J connectivity index is 1.43. The van der Waals surface area contributed by atoms with Crippen molar-refractivity contribution in [3.05, 3.63) is 66.4 Å². The lowest BCUT2D eigenvalue weighted by Crippen LogP contribution is -2.50. The smallest absolute Gasteiger partial charge is 0.322 e. The van der Waals surface area contributed by atoms with Crippen molar-refractivity contribution in [3.8, 4) is 0 Å². The molecule has 1 aliphatic rings. The first-order valence-electron chi connectivity index (χ1n) is 8.92. The number of urea groups is 1. The van der Waals surface area contributed by atoms with Crippen LogP contribution in [0.15, 0.2) is 60.8 Å². The zero-order chi connectivity index (χ0) is 17.9. The van der Waals surface area contributed by atoms with Crippen LogP contribution in [0.1, 0.15) is 5.56 Å². The molecule has 1 N–H and O–H groups in total. The number of nitrogens with one attached hydrogen (secondary N) is 1. The van der Waals surface area contributed by atoms with Crippen molar-refractivity contribution in [2.75, 3.05) is 36.4 Å². The predicted molar refractivity (Wildman–Crippen MR) is 106 cm³/mol. The average molecular weight is 346 g/mol. The number of hydrogen-bond donors (Lipinski definition) is 1. The van der Waals surface area contributed by atoms with Gasteiger partial charge in [0.1, 0.15) is 0 Å². The number of para-hydroxylation sites is 2. The summed E-state index contributed by atoms with van der Waals surface area (Å²) in [6, 6.07) is 18.1. The zero-order valence-electron chi connectivity index (χ0n) is 14.9. The lowest BCUT2D eigenvalue weighted by Gasteiger charge is -2.36. The van der Waals surface area contributed by atoms with Gasteiger partial charge in [0.05, 0.1) is 11.2 Å². The summed E-state index contributed by atoms with van der Waals surface area (Å²) in [6.45, 7) is 5.22. The summed E-state index contributed by atoms with van der Waals surface area (Å²) in [7, 11) is 0. The highest BCUT2D eigenvalue weighted by Crippen LogP contribution is 2.23. The van der Waals surface area contributed by atoms with Gasteiger partial charge >= 0.3 is 6.03 Å². The fourth-order valence-electron chi connectivity index (χ4n) is 3.47. The molecular weight excluding hydrogens is 324 g/mol. The molecule has 26 heavy (non-hydrogen) atoms. The number of anilines is 2. The van der Waals surface area contributed by atoms with Crippen LogP contribution in [-0.2, 0) is 0 Å². The number of fused-ring (bicyclic) bond motifs is 1. The second-order valence-electron chi connectivity index (χ2n) is 6.57. The van der Waals surface area contributed by atoms with E-state index in [0.717, 1.165) is 29.7 Å². The molecule has 0 bridgehead atoms. The van der Waals surface area contributed by atoms with Gasteiger partial charge in [-0.1, -0.05) is 36.4 Å². The molecule has 0 radical (unpaired) electrons. The van der Waals surface area contributed by atoms with Gasteiger partial charge in [-0.2, -0.15) is 0 Å². The minimum atomic E-state index is -0.0624. The summed E-state index contributed by atoms with van der Waals surface area (Å²) in [6.07, 6.45) is 1.75. The lowest BCUT2D eigenvalue weighted by molar-refractivity contribution is 0.208. The molecule has 2 aromatic carbocycles. The van der Waals surface area contributed by atoms with Gasteiger partial charge in [0.25, 0.3) is 0 Å². The van der Waals surface area contributed by atoms with E-state index in [4.69, 9.17) is 0 Å². The molecule has 0 saturated carbocycles. The average Bonchev–Trinajstić information content (AvgIpc) is 2.69. The number of carbonyl (C=O) groups excluding carboxylic acids is 1. The second-order valence-corrected chi connectivity index (χ2v) is 6.57. The molecule has 132 valence electrons. The van der Waals surface area contributed by atoms with E-state index in [1.165, 1.54) is 11.3 Å². The van der Waals surface area contributed by atoms with Crippen LogP contribution in [0, 0.1) is 6.92 Å². The van der Waals surface area contributed by atoms with E-state index in [2.05, 4.69) is 46.4 Å². The van der Waals surface area contributed by atoms with Gasteiger partial charge in [-0.3, -0.25) is 4.98 Å². The summed E-state index contributed by atoms with van der Waals surface area (Å²) >= 11 is 0. The first-order chi connectivity index (χ1) is 12.7. The first-order valence-corrected chi connectivity index (χ1v) is 8.92. The van der Waals surface area contributed by atoms with Crippen molar-refractivity contribution in [2.24, 2.45) is 0 Å². The number of amides is 2. The van der Waals surface area contributed by atoms with Gasteiger partial charge < -0.3 is 15.1 Å². The van der Waals surface area contributed by atoms with E-state index >= 15 is 0 Å². The molecular formula is C21H22N4O. The maximum absolute atomic E-state index is 12.7. The molecule has 0 unspecified atom stereocenters. The molecule has 2 amide bonds. The molecule has 0 spiro atoms. The third-order valence-electron chi connectivity index (χ3n) is 4.90. The van der Waals surface area contributed by atoms with E-state index in [1.807, 2.05) is 35.2 Å². The number of carbonyl (C=O) groups is 1. The normalized spacial score (nSPS) is 14.5. The highest BCUT2D eigenvalue weighted by molar-refractivity contribution is 5.99. The van der Waals surface area contributed by atoms with Crippen molar-refractivity contribution in [1.29, 1.82) is 0 Å². The van der Waals surface area contributed by atoms with Gasteiger partial charge in [0, 0.05) is 43.4 Å². The van der Waals surface area contributed by atoms with E-state index in [1.54, 1.807) is 6.20 Å². The van der Waals surface area contributed by atoms with Gasteiger partial charge in [0.2, 0.25) is 0 Å². The Morgan fingerprint density at radius 3 is 2.54 bits per heavy atom. The van der Waals surface area contributed by atoms with Crippen molar-refractivity contribution in [3.63, 3.8) is 0 Å². The van der Waals surface area contributed by atoms with E-state index in [0.29, 0.717) is 13.1 Å². The number of piperazine rings is 1. The summed E-state index contributed by atoms with van der Waals surface area (Å²) in [5.74, 6) is 0. The van der Waals surface area contributed by atoms with Gasteiger partial charge in [-0.15, -0.1) is 0 Å². The molecule has 5 heteroatoms.